The molecular formula is C17H11F3N4O2. The number of nitrogens with one attached hydrogen (secondary N) is 1. The number of hydrogen-bond acceptors (Lipinski definition) is 4. The molecule has 6 nitrogen and oxygen atoms in total. The van der Waals surface area contributed by atoms with Gasteiger partial charge in [0.2, 0.25) is 0 Å². The summed E-state index contributed by atoms with van der Waals surface area (Å²) in [7, 11) is 0. The molecule has 1 N–H and O–H groups in total. The third-order valence-corrected chi connectivity index (χ3v) is 3.91. The number of fused-ring (bicyclic) bond motifs is 2. The van der Waals surface area contributed by atoms with Gasteiger partial charge >= 0.3 is 6.36 Å². The highest BCUT2D eigenvalue weighted by molar-refractivity contribution is 5.82. The van der Waals surface area contributed by atoms with Crippen LogP contribution in [0.15, 0.2) is 47.4 Å². The van der Waals surface area contributed by atoms with E-state index in [1.807, 2.05) is 0 Å². The Labute approximate surface area is 143 Å². The maximum atomic E-state index is 12.5. The van der Waals surface area contributed by atoms with Gasteiger partial charge in [0, 0.05) is 16.5 Å². The number of alkyl halides is 3. The number of hydrogen-bond donors (Lipinski definition) is 1. The summed E-state index contributed by atoms with van der Waals surface area (Å²) in [6.07, 6.45) is -3.72. The second-order valence-corrected chi connectivity index (χ2v) is 5.65. The Morgan fingerprint density at radius 1 is 1.15 bits per heavy atom. The molecule has 0 atom stereocenters. The first-order valence-corrected chi connectivity index (χ1v) is 7.56. The van der Waals surface area contributed by atoms with Gasteiger partial charge in [-0.3, -0.25) is 4.79 Å². The third-order valence-electron chi connectivity index (χ3n) is 3.91. The first kappa shape index (κ1) is 16.1. The van der Waals surface area contributed by atoms with Crippen molar-refractivity contribution in [1.82, 2.24) is 19.6 Å². The molecule has 132 valence electrons. The van der Waals surface area contributed by atoms with Gasteiger partial charge in [0.25, 0.3) is 0 Å². The molecular weight excluding hydrogens is 349 g/mol. The summed E-state index contributed by atoms with van der Waals surface area (Å²) in [6, 6.07) is 9.52. The Kier molecular flexibility index (Phi) is 3.46. The number of pyridine rings is 2. The summed E-state index contributed by atoms with van der Waals surface area (Å²) in [4.78, 5) is 19.9. The van der Waals surface area contributed by atoms with Crippen LogP contribution in [0.25, 0.3) is 28.1 Å². The molecule has 3 heterocycles. The summed E-state index contributed by atoms with van der Waals surface area (Å²) < 4.78 is 42.1. The second kappa shape index (κ2) is 5.58. The fraction of sp³-hybridized carbons (Fsp3) is 0.118. The smallest absolute Gasteiger partial charge is 0.404 e. The molecule has 0 saturated heterocycles. The SMILES string of the molecule is Cc1c(-c2nc3ccc(OC(F)(F)F)cn3n2)[nH]c2ccccc2c1=O. The Morgan fingerprint density at radius 3 is 2.69 bits per heavy atom. The molecule has 0 radical (unpaired) electrons. The van der Waals surface area contributed by atoms with Crippen LogP contribution in [0.2, 0.25) is 0 Å². The molecule has 26 heavy (non-hydrogen) atoms. The number of aromatic amines is 1. The topological polar surface area (TPSA) is 72.3 Å². The number of benzene rings is 1. The van der Waals surface area contributed by atoms with Gasteiger partial charge < -0.3 is 9.72 Å². The first-order chi connectivity index (χ1) is 12.3. The predicted octanol–water partition coefficient (Wildman–Crippen LogP) is 3.44. The normalized spacial score (nSPS) is 12.0. The lowest BCUT2D eigenvalue weighted by molar-refractivity contribution is -0.274. The molecule has 0 saturated carbocycles. The van der Waals surface area contributed by atoms with Crippen molar-refractivity contribution in [3.05, 3.63) is 58.4 Å². The van der Waals surface area contributed by atoms with Gasteiger partial charge in [0.15, 0.2) is 16.9 Å². The van der Waals surface area contributed by atoms with Crippen LogP contribution in [0.4, 0.5) is 13.2 Å². The van der Waals surface area contributed by atoms with Gasteiger partial charge in [-0.25, -0.2) is 9.50 Å². The van der Waals surface area contributed by atoms with Crippen LogP contribution < -0.4 is 10.2 Å². The van der Waals surface area contributed by atoms with Crippen molar-refractivity contribution >= 4 is 16.6 Å². The minimum absolute atomic E-state index is 0.158. The quantitative estimate of drug-likeness (QED) is 0.594. The molecule has 0 unspecified atom stereocenters. The van der Waals surface area contributed by atoms with E-state index in [0.29, 0.717) is 27.8 Å². The van der Waals surface area contributed by atoms with Crippen LogP contribution >= 0.6 is 0 Å². The molecule has 0 spiro atoms. The maximum absolute atomic E-state index is 12.5. The lowest BCUT2D eigenvalue weighted by atomic mass is 10.1. The number of halogens is 3. The van der Waals surface area contributed by atoms with Crippen LogP contribution in [0, 0.1) is 6.92 Å². The molecule has 1 aromatic carbocycles. The number of rotatable bonds is 2. The van der Waals surface area contributed by atoms with Gasteiger partial charge in [-0.05, 0) is 31.2 Å². The van der Waals surface area contributed by atoms with E-state index in [4.69, 9.17) is 0 Å². The van der Waals surface area contributed by atoms with Gasteiger partial charge in [0.1, 0.15) is 5.75 Å². The zero-order chi connectivity index (χ0) is 18.5. The van der Waals surface area contributed by atoms with Gasteiger partial charge in [0.05, 0.1) is 11.9 Å². The lowest BCUT2D eigenvalue weighted by Crippen LogP contribution is -2.17. The zero-order valence-electron chi connectivity index (χ0n) is 13.3. The number of para-hydroxylation sites is 1. The van der Waals surface area contributed by atoms with Crippen molar-refractivity contribution < 1.29 is 17.9 Å². The molecule has 0 aliphatic rings. The maximum Gasteiger partial charge on any atom is 0.573 e. The highest BCUT2D eigenvalue weighted by atomic mass is 19.4. The molecule has 3 aromatic heterocycles. The molecule has 4 aromatic rings. The molecule has 9 heteroatoms. The summed E-state index contributed by atoms with van der Waals surface area (Å²) >= 11 is 0. The Bertz CT molecular complexity index is 1190. The number of aromatic nitrogens is 4. The monoisotopic (exact) mass is 360 g/mol. The van der Waals surface area contributed by atoms with Crippen molar-refractivity contribution in [2.75, 3.05) is 0 Å². The van der Waals surface area contributed by atoms with E-state index in [9.17, 15) is 18.0 Å². The zero-order valence-corrected chi connectivity index (χ0v) is 13.3. The number of H-pyrrole nitrogens is 1. The van der Waals surface area contributed by atoms with Crippen LogP contribution in [-0.4, -0.2) is 25.9 Å². The standard InChI is InChI=1S/C17H11F3N4O2/c1-9-14(21-12-5-3-2-4-11(12)15(9)25)16-22-13-7-6-10(8-24(13)23-16)26-17(18,19)20/h2-8H,1H3,(H,21,25). The molecule has 4 rings (SSSR count). The molecule has 0 aliphatic heterocycles. The van der Waals surface area contributed by atoms with Crippen molar-refractivity contribution in [1.29, 1.82) is 0 Å². The largest absolute Gasteiger partial charge is 0.573 e. The van der Waals surface area contributed by atoms with Gasteiger partial charge in [-0.2, -0.15) is 0 Å². The Morgan fingerprint density at radius 2 is 1.92 bits per heavy atom. The summed E-state index contributed by atoms with van der Waals surface area (Å²) in [6.45, 7) is 1.64. The second-order valence-electron chi connectivity index (χ2n) is 5.65. The number of ether oxygens (including phenoxy) is 1. The fourth-order valence-corrected chi connectivity index (χ4v) is 2.72. The van der Waals surface area contributed by atoms with Gasteiger partial charge in [-0.15, -0.1) is 18.3 Å². The van der Waals surface area contributed by atoms with E-state index in [2.05, 4.69) is 19.8 Å². The van der Waals surface area contributed by atoms with Crippen molar-refractivity contribution in [2.45, 2.75) is 13.3 Å². The van der Waals surface area contributed by atoms with E-state index in [0.717, 1.165) is 12.3 Å². The highest BCUT2D eigenvalue weighted by Crippen LogP contribution is 2.24. The minimum atomic E-state index is -4.79. The van der Waals surface area contributed by atoms with E-state index in [1.54, 1.807) is 31.2 Å². The van der Waals surface area contributed by atoms with E-state index in [-0.39, 0.29) is 11.3 Å². The Hall–Kier alpha value is -3.36. The van der Waals surface area contributed by atoms with Crippen LogP contribution in [0.3, 0.4) is 0 Å². The summed E-state index contributed by atoms with van der Waals surface area (Å²) in [5.41, 5.74) is 1.62. The average Bonchev–Trinajstić information content (AvgIpc) is 2.99. The predicted molar refractivity (Wildman–Crippen MR) is 88.0 cm³/mol. The highest BCUT2D eigenvalue weighted by Gasteiger charge is 2.31. The fourth-order valence-electron chi connectivity index (χ4n) is 2.72. The number of nitrogens with zero attached hydrogens (tertiary/aromatic N) is 3. The molecule has 0 aliphatic carbocycles. The van der Waals surface area contributed by atoms with Crippen LogP contribution in [0.5, 0.6) is 5.75 Å². The van der Waals surface area contributed by atoms with Crippen LogP contribution in [0.1, 0.15) is 5.56 Å². The van der Waals surface area contributed by atoms with Crippen molar-refractivity contribution in [3.8, 4) is 17.3 Å². The summed E-state index contributed by atoms with van der Waals surface area (Å²) in [5.74, 6) is -0.209. The average molecular weight is 360 g/mol. The Balaban J connectivity index is 1.86. The van der Waals surface area contributed by atoms with Crippen LogP contribution in [-0.2, 0) is 0 Å². The summed E-state index contributed by atoms with van der Waals surface area (Å²) in [5, 5.41) is 4.71. The van der Waals surface area contributed by atoms with E-state index in [1.165, 1.54) is 10.6 Å². The lowest BCUT2D eigenvalue weighted by Gasteiger charge is -2.07. The minimum Gasteiger partial charge on any atom is -0.404 e. The molecule has 0 bridgehead atoms. The first-order valence-electron chi connectivity index (χ1n) is 7.56. The van der Waals surface area contributed by atoms with Crippen molar-refractivity contribution in [2.24, 2.45) is 0 Å². The third kappa shape index (κ3) is 2.77. The molecule has 0 amide bonds. The van der Waals surface area contributed by atoms with E-state index < -0.39 is 12.1 Å². The molecule has 0 fully saturated rings. The van der Waals surface area contributed by atoms with Gasteiger partial charge in [-0.1, -0.05) is 12.1 Å². The van der Waals surface area contributed by atoms with E-state index >= 15 is 0 Å². The van der Waals surface area contributed by atoms with Crippen molar-refractivity contribution in [3.63, 3.8) is 0 Å².